The van der Waals surface area contributed by atoms with Gasteiger partial charge in [-0.15, -0.1) is 0 Å². The van der Waals surface area contributed by atoms with E-state index in [9.17, 15) is 18.0 Å². The van der Waals surface area contributed by atoms with Crippen molar-refractivity contribution in [3.8, 4) is 0 Å². The second-order valence-electron chi connectivity index (χ2n) is 4.58. The molecule has 1 aromatic rings. The van der Waals surface area contributed by atoms with E-state index in [4.69, 9.17) is 0 Å². The Morgan fingerprint density at radius 1 is 1.45 bits per heavy atom. The molecule has 1 unspecified atom stereocenters. The predicted molar refractivity (Wildman–Crippen MR) is 70.8 cm³/mol. The third-order valence-electron chi connectivity index (χ3n) is 3.04. The van der Waals surface area contributed by atoms with Gasteiger partial charge in [-0.25, -0.2) is 12.7 Å². The van der Waals surface area contributed by atoms with Crippen LogP contribution in [0.15, 0.2) is 24.5 Å². The zero-order valence-corrected chi connectivity index (χ0v) is 11.8. The van der Waals surface area contributed by atoms with Gasteiger partial charge in [0.25, 0.3) is 0 Å². The summed E-state index contributed by atoms with van der Waals surface area (Å²) in [6.45, 7) is 0.268. The zero-order valence-electron chi connectivity index (χ0n) is 10.9. The lowest BCUT2D eigenvalue weighted by Gasteiger charge is -2.21. The van der Waals surface area contributed by atoms with E-state index in [0.29, 0.717) is 4.31 Å². The summed E-state index contributed by atoms with van der Waals surface area (Å²) in [4.78, 5) is 27.5. The summed E-state index contributed by atoms with van der Waals surface area (Å²) >= 11 is 0. The molecule has 7 nitrogen and oxygen atoms in total. The lowest BCUT2D eigenvalue weighted by molar-refractivity contribution is -0.130. The lowest BCUT2D eigenvalue weighted by atomic mass is 10.2. The van der Waals surface area contributed by atoms with Crippen LogP contribution in [-0.4, -0.2) is 41.8 Å². The molecule has 1 aliphatic rings. The summed E-state index contributed by atoms with van der Waals surface area (Å²) in [7, 11) is -3.72. The molecule has 0 radical (unpaired) electrons. The summed E-state index contributed by atoms with van der Waals surface area (Å²) in [6, 6.07) is 2.54. The van der Waals surface area contributed by atoms with Crippen molar-refractivity contribution in [1.82, 2.24) is 14.6 Å². The van der Waals surface area contributed by atoms with Crippen LogP contribution in [0.2, 0.25) is 0 Å². The minimum absolute atomic E-state index is 0.0699. The van der Waals surface area contributed by atoms with Crippen molar-refractivity contribution < 1.29 is 18.0 Å². The molecule has 2 rings (SSSR count). The Morgan fingerprint density at radius 3 is 2.70 bits per heavy atom. The Bertz CT molecular complexity index is 615. The number of nitrogens with one attached hydrogen (secondary N) is 1. The molecule has 1 fully saturated rings. The van der Waals surface area contributed by atoms with Crippen LogP contribution in [-0.2, 0) is 26.2 Å². The molecular weight excluding hydrogens is 282 g/mol. The van der Waals surface area contributed by atoms with Crippen molar-refractivity contribution in [3.05, 3.63) is 30.1 Å². The molecule has 1 saturated heterocycles. The number of aromatic nitrogens is 1. The maximum absolute atomic E-state index is 12.0. The van der Waals surface area contributed by atoms with Crippen LogP contribution in [0, 0.1) is 0 Å². The van der Waals surface area contributed by atoms with Crippen LogP contribution in [0.3, 0.4) is 0 Å². The zero-order chi connectivity index (χ0) is 14.8. The van der Waals surface area contributed by atoms with E-state index in [1.807, 2.05) is 0 Å². The van der Waals surface area contributed by atoms with Crippen molar-refractivity contribution in [2.75, 3.05) is 6.26 Å². The summed E-state index contributed by atoms with van der Waals surface area (Å²) in [5.74, 6) is -0.991. The van der Waals surface area contributed by atoms with E-state index >= 15 is 0 Å². The Hall–Kier alpha value is -1.96. The molecular formula is C12H15N3O4S. The fourth-order valence-corrected chi connectivity index (χ4v) is 3.25. The largest absolute Gasteiger partial charge is 0.350 e. The molecule has 2 amide bonds. The van der Waals surface area contributed by atoms with Crippen LogP contribution in [0.1, 0.15) is 18.4 Å². The molecule has 1 aliphatic heterocycles. The quantitative estimate of drug-likeness (QED) is 0.819. The van der Waals surface area contributed by atoms with E-state index in [1.165, 1.54) is 0 Å². The molecule has 108 valence electrons. The average molecular weight is 297 g/mol. The summed E-state index contributed by atoms with van der Waals surface area (Å²) in [5.41, 5.74) is 0.851. The Balaban J connectivity index is 2.04. The van der Waals surface area contributed by atoms with E-state index in [-0.39, 0.29) is 19.4 Å². The SMILES string of the molecule is CS(=O)(=O)N1C(=O)CCC1C(=O)NCc1ccncc1. The predicted octanol–water partition coefficient (Wildman–Crippen LogP) is -0.352. The number of carbonyl (C=O) groups excluding carboxylic acids is 2. The first-order valence-electron chi connectivity index (χ1n) is 6.08. The van der Waals surface area contributed by atoms with Gasteiger partial charge in [-0.1, -0.05) is 0 Å². The van der Waals surface area contributed by atoms with Crippen LogP contribution in [0.5, 0.6) is 0 Å². The highest BCUT2D eigenvalue weighted by molar-refractivity contribution is 7.89. The molecule has 1 N–H and O–H groups in total. The standard InChI is InChI=1S/C12H15N3O4S/c1-20(18,19)15-10(2-3-11(15)16)12(17)14-8-9-4-6-13-7-5-9/h4-7,10H,2-3,8H2,1H3,(H,14,17). The van der Waals surface area contributed by atoms with Crippen LogP contribution >= 0.6 is 0 Å². The molecule has 0 aliphatic carbocycles. The minimum Gasteiger partial charge on any atom is -0.350 e. The molecule has 20 heavy (non-hydrogen) atoms. The number of amides is 2. The molecule has 1 atom stereocenters. The van der Waals surface area contributed by atoms with Gasteiger partial charge >= 0.3 is 0 Å². The molecule has 0 bridgehead atoms. The molecule has 1 aromatic heterocycles. The average Bonchev–Trinajstić information content (AvgIpc) is 2.79. The minimum atomic E-state index is -3.72. The van der Waals surface area contributed by atoms with E-state index in [2.05, 4.69) is 10.3 Å². The third kappa shape index (κ3) is 3.13. The van der Waals surface area contributed by atoms with Gasteiger partial charge in [0.15, 0.2) is 0 Å². The smallest absolute Gasteiger partial charge is 0.244 e. The summed E-state index contributed by atoms with van der Waals surface area (Å²) < 4.78 is 23.8. The fourth-order valence-electron chi connectivity index (χ4n) is 2.12. The van der Waals surface area contributed by atoms with Gasteiger partial charge < -0.3 is 5.32 Å². The number of hydrogen-bond acceptors (Lipinski definition) is 5. The molecule has 0 aromatic carbocycles. The Kier molecular flexibility index (Phi) is 4.03. The summed E-state index contributed by atoms with van der Waals surface area (Å²) in [5, 5.41) is 2.64. The van der Waals surface area contributed by atoms with Crippen molar-refractivity contribution in [2.24, 2.45) is 0 Å². The number of pyridine rings is 1. The van der Waals surface area contributed by atoms with Gasteiger partial charge in [0.2, 0.25) is 21.8 Å². The fraction of sp³-hybridized carbons (Fsp3) is 0.417. The number of sulfonamides is 1. The van der Waals surface area contributed by atoms with Crippen LogP contribution in [0.4, 0.5) is 0 Å². The van der Waals surface area contributed by atoms with Gasteiger partial charge in [0.1, 0.15) is 6.04 Å². The summed E-state index contributed by atoms with van der Waals surface area (Å²) in [6.07, 6.45) is 4.42. The maximum Gasteiger partial charge on any atom is 0.244 e. The first-order chi connectivity index (χ1) is 9.39. The van der Waals surface area contributed by atoms with E-state index in [0.717, 1.165) is 11.8 Å². The van der Waals surface area contributed by atoms with Gasteiger partial charge in [-0.2, -0.15) is 0 Å². The first kappa shape index (κ1) is 14.4. The normalized spacial score (nSPS) is 19.1. The second-order valence-corrected chi connectivity index (χ2v) is 6.44. The first-order valence-corrected chi connectivity index (χ1v) is 7.93. The highest BCUT2D eigenvalue weighted by Gasteiger charge is 2.41. The van der Waals surface area contributed by atoms with Gasteiger partial charge in [-0.05, 0) is 24.1 Å². The Labute approximate surface area is 117 Å². The highest BCUT2D eigenvalue weighted by atomic mass is 32.2. The third-order valence-corrected chi connectivity index (χ3v) is 4.21. The van der Waals surface area contributed by atoms with Crippen LogP contribution in [0.25, 0.3) is 0 Å². The second kappa shape index (κ2) is 5.58. The molecule has 2 heterocycles. The van der Waals surface area contributed by atoms with Gasteiger partial charge in [-0.3, -0.25) is 14.6 Å². The maximum atomic E-state index is 12.0. The molecule has 8 heteroatoms. The topological polar surface area (TPSA) is 96.4 Å². The van der Waals surface area contributed by atoms with E-state index in [1.54, 1.807) is 24.5 Å². The monoisotopic (exact) mass is 297 g/mol. The molecule has 0 spiro atoms. The van der Waals surface area contributed by atoms with Crippen molar-refractivity contribution >= 4 is 21.8 Å². The number of nitrogens with zero attached hydrogens (tertiary/aromatic N) is 2. The van der Waals surface area contributed by atoms with Gasteiger partial charge in [0, 0.05) is 25.4 Å². The van der Waals surface area contributed by atoms with Crippen molar-refractivity contribution in [3.63, 3.8) is 0 Å². The van der Waals surface area contributed by atoms with Crippen molar-refractivity contribution in [2.45, 2.75) is 25.4 Å². The lowest BCUT2D eigenvalue weighted by Crippen LogP contribution is -2.46. The van der Waals surface area contributed by atoms with Gasteiger partial charge in [0.05, 0.1) is 6.26 Å². The number of hydrogen-bond donors (Lipinski definition) is 1. The van der Waals surface area contributed by atoms with Crippen LogP contribution < -0.4 is 5.32 Å². The number of rotatable bonds is 4. The van der Waals surface area contributed by atoms with E-state index < -0.39 is 27.9 Å². The highest BCUT2D eigenvalue weighted by Crippen LogP contribution is 2.21. The Morgan fingerprint density at radius 2 is 2.10 bits per heavy atom. The number of carbonyl (C=O) groups is 2. The molecule has 0 saturated carbocycles. The van der Waals surface area contributed by atoms with Crippen molar-refractivity contribution in [1.29, 1.82) is 0 Å².